The number of amides is 2. The fourth-order valence-corrected chi connectivity index (χ4v) is 3.40. The van der Waals surface area contributed by atoms with Gasteiger partial charge in [-0.3, -0.25) is 9.59 Å². The Morgan fingerprint density at radius 2 is 1.68 bits per heavy atom. The number of nitrogens with one attached hydrogen (secondary N) is 2. The normalized spacial score (nSPS) is 10.9. The Balaban J connectivity index is 1.65. The van der Waals surface area contributed by atoms with Crippen LogP contribution in [0, 0.1) is 32.1 Å². The summed E-state index contributed by atoms with van der Waals surface area (Å²) in [5.74, 6) is -0.512. The van der Waals surface area contributed by atoms with Gasteiger partial charge in [-0.25, -0.2) is 0 Å². The van der Waals surface area contributed by atoms with Crippen molar-refractivity contribution in [2.75, 3.05) is 17.2 Å². The van der Waals surface area contributed by atoms with Crippen LogP contribution in [0.2, 0.25) is 5.02 Å². The SMILES string of the molecule is Cc1ccccc1NC(=O)/C(C#N)=C\c1ccc(OCC(=O)Nc2cccc(C)c2C)c(Cl)c1. The van der Waals surface area contributed by atoms with E-state index in [0.29, 0.717) is 17.0 Å². The van der Waals surface area contributed by atoms with E-state index in [1.165, 1.54) is 6.08 Å². The molecule has 2 amide bonds. The van der Waals surface area contributed by atoms with Gasteiger partial charge < -0.3 is 15.4 Å². The molecule has 172 valence electrons. The minimum Gasteiger partial charge on any atom is -0.482 e. The number of benzene rings is 3. The second-order valence-electron chi connectivity index (χ2n) is 7.71. The highest BCUT2D eigenvalue weighted by Crippen LogP contribution is 2.27. The van der Waals surface area contributed by atoms with Crippen molar-refractivity contribution in [3.8, 4) is 11.8 Å². The summed E-state index contributed by atoms with van der Waals surface area (Å²) in [6.45, 7) is 5.56. The van der Waals surface area contributed by atoms with Gasteiger partial charge >= 0.3 is 0 Å². The number of hydrogen-bond donors (Lipinski definition) is 2. The zero-order chi connectivity index (χ0) is 24.7. The number of nitrogens with zero attached hydrogens (tertiary/aromatic N) is 1. The zero-order valence-corrected chi connectivity index (χ0v) is 19.9. The van der Waals surface area contributed by atoms with Gasteiger partial charge in [-0.2, -0.15) is 5.26 Å². The van der Waals surface area contributed by atoms with Gasteiger partial charge in [0.1, 0.15) is 17.4 Å². The van der Waals surface area contributed by atoms with E-state index in [4.69, 9.17) is 16.3 Å². The average Bonchev–Trinajstić information content (AvgIpc) is 2.81. The first-order valence-electron chi connectivity index (χ1n) is 10.6. The number of ether oxygens (including phenoxy) is 1. The summed E-state index contributed by atoms with van der Waals surface area (Å²) in [6.07, 6.45) is 1.44. The maximum absolute atomic E-state index is 12.5. The Hall–Kier alpha value is -4.08. The Bertz CT molecular complexity index is 1310. The molecule has 0 atom stereocenters. The Morgan fingerprint density at radius 3 is 2.38 bits per heavy atom. The first kappa shape index (κ1) is 24.6. The van der Waals surface area contributed by atoms with Crippen LogP contribution >= 0.6 is 11.6 Å². The van der Waals surface area contributed by atoms with Crippen molar-refractivity contribution >= 4 is 40.9 Å². The van der Waals surface area contributed by atoms with Crippen LogP contribution in [0.15, 0.2) is 66.2 Å². The van der Waals surface area contributed by atoms with E-state index >= 15 is 0 Å². The van der Waals surface area contributed by atoms with Crippen molar-refractivity contribution in [1.29, 1.82) is 5.26 Å². The van der Waals surface area contributed by atoms with Crippen LogP contribution in [-0.2, 0) is 9.59 Å². The fraction of sp³-hybridized carbons (Fsp3) is 0.148. The topological polar surface area (TPSA) is 91.2 Å². The van der Waals surface area contributed by atoms with E-state index < -0.39 is 5.91 Å². The van der Waals surface area contributed by atoms with Crippen molar-refractivity contribution in [2.45, 2.75) is 20.8 Å². The molecule has 0 fully saturated rings. The van der Waals surface area contributed by atoms with Crippen LogP contribution in [0.5, 0.6) is 5.75 Å². The molecule has 0 aliphatic rings. The molecule has 0 saturated carbocycles. The molecule has 0 spiro atoms. The summed E-state index contributed by atoms with van der Waals surface area (Å²) in [5, 5.41) is 15.3. The van der Waals surface area contributed by atoms with Crippen LogP contribution in [0.25, 0.3) is 6.08 Å². The molecule has 0 heterocycles. The van der Waals surface area contributed by atoms with Crippen molar-refractivity contribution in [2.24, 2.45) is 0 Å². The lowest BCUT2D eigenvalue weighted by Gasteiger charge is -2.12. The number of aryl methyl sites for hydroxylation is 2. The van der Waals surface area contributed by atoms with Crippen molar-refractivity contribution in [3.05, 3.63) is 93.5 Å². The van der Waals surface area contributed by atoms with Crippen molar-refractivity contribution in [1.82, 2.24) is 0 Å². The zero-order valence-electron chi connectivity index (χ0n) is 19.1. The molecule has 0 aromatic heterocycles. The molecule has 0 bridgehead atoms. The van der Waals surface area contributed by atoms with Gasteiger partial charge in [0.25, 0.3) is 11.8 Å². The number of carbonyl (C=O) groups excluding carboxylic acids is 2. The molecule has 3 rings (SSSR count). The summed E-state index contributed by atoms with van der Waals surface area (Å²) in [5.41, 5.74) is 4.80. The van der Waals surface area contributed by atoms with Gasteiger partial charge in [-0.1, -0.05) is 48.0 Å². The number of halogens is 1. The molecule has 3 aromatic carbocycles. The molecule has 3 aromatic rings. The molecule has 0 radical (unpaired) electrons. The predicted octanol–water partition coefficient (Wildman–Crippen LogP) is 5.83. The standard InChI is InChI=1S/C27H24ClN3O3/c1-17-8-6-10-24(19(17)3)30-26(32)16-34-25-12-11-20(14-22(25)28)13-21(15-29)27(33)31-23-9-5-4-7-18(23)2/h4-14H,16H2,1-3H3,(H,30,32)(H,31,33)/b21-13-. The molecule has 0 saturated heterocycles. The molecule has 6 nitrogen and oxygen atoms in total. The summed E-state index contributed by atoms with van der Waals surface area (Å²) >= 11 is 6.31. The van der Waals surface area contributed by atoms with Crippen LogP contribution in [0.4, 0.5) is 11.4 Å². The number of rotatable bonds is 7. The minimum absolute atomic E-state index is 0.0686. The van der Waals surface area contributed by atoms with Crippen LogP contribution in [0.1, 0.15) is 22.3 Å². The lowest BCUT2D eigenvalue weighted by atomic mass is 10.1. The third-order valence-electron chi connectivity index (χ3n) is 5.26. The molecule has 2 N–H and O–H groups in total. The Labute approximate surface area is 203 Å². The summed E-state index contributed by atoms with van der Waals surface area (Å²) < 4.78 is 5.56. The molecule has 0 unspecified atom stereocenters. The van der Waals surface area contributed by atoms with Gasteiger partial charge in [0.05, 0.1) is 5.02 Å². The predicted molar refractivity (Wildman–Crippen MR) is 135 cm³/mol. The van der Waals surface area contributed by atoms with Crippen LogP contribution in [-0.4, -0.2) is 18.4 Å². The minimum atomic E-state index is -0.517. The van der Waals surface area contributed by atoms with Gasteiger partial charge in [0.2, 0.25) is 0 Å². The first-order valence-corrected chi connectivity index (χ1v) is 10.9. The number of hydrogen-bond acceptors (Lipinski definition) is 4. The maximum Gasteiger partial charge on any atom is 0.266 e. The highest BCUT2D eigenvalue weighted by molar-refractivity contribution is 6.32. The maximum atomic E-state index is 12.5. The highest BCUT2D eigenvalue weighted by Gasteiger charge is 2.12. The first-order chi connectivity index (χ1) is 16.3. The van der Waals surface area contributed by atoms with E-state index in [2.05, 4.69) is 10.6 Å². The molecular formula is C27H24ClN3O3. The molecular weight excluding hydrogens is 450 g/mol. The number of carbonyl (C=O) groups is 2. The smallest absolute Gasteiger partial charge is 0.266 e. The number of nitriles is 1. The monoisotopic (exact) mass is 473 g/mol. The van der Waals surface area contributed by atoms with Gasteiger partial charge in [-0.05, 0) is 73.4 Å². The van der Waals surface area contributed by atoms with Crippen molar-refractivity contribution < 1.29 is 14.3 Å². The quantitative estimate of drug-likeness (QED) is 0.333. The molecule has 0 aliphatic heterocycles. The highest BCUT2D eigenvalue weighted by atomic mass is 35.5. The molecule has 0 aliphatic carbocycles. The summed E-state index contributed by atoms with van der Waals surface area (Å²) in [4.78, 5) is 24.8. The fourth-order valence-electron chi connectivity index (χ4n) is 3.16. The van der Waals surface area contributed by atoms with E-state index in [1.54, 1.807) is 30.3 Å². The third kappa shape index (κ3) is 6.25. The van der Waals surface area contributed by atoms with Crippen molar-refractivity contribution in [3.63, 3.8) is 0 Å². The molecule has 7 heteroatoms. The number of para-hydroxylation sites is 1. The van der Waals surface area contributed by atoms with E-state index in [0.717, 1.165) is 22.4 Å². The molecule has 34 heavy (non-hydrogen) atoms. The van der Waals surface area contributed by atoms with Crippen LogP contribution in [0.3, 0.4) is 0 Å². The Morgan fingerprint density at radius 1 is 0.971 bits per heavy atom. The second-order valence-corrected chi connectivity index (χ2v) is 8.12. The van der Waals surface area contributed by atoms with E-state index in [9.17, 15) is 14.9 Å². The third-order valence-corrected chi connectivity index (χ3v) is 5.56. The van der Waals surface area contributed by atoms with E-state index in [-0.39, 0.29) is 23.1 Å². The summed E-state index contributed by atoms with van der Waals surface area (Å²) in [6, 6.07) is 19.7. The largest absolute Gasteiger partial charge is 0.482 e. The summed E-state index contributed by atoms with van der Waals surface area (Å²) in [7, 11) is 0. The average molecular weight is 474 g/mol. The van der Waals surface area contributed by atoms with Gasteiger partial charge in [0, 0.05) is 11.4 Å². The lowest BCUT2D eigenvalue weighted by Crippen LogP contribution is -2.20. The lowest BCUT2D eigenvalue weighted by molar-refractivity contribution is -0.118. The number of anilines is 2. The van der Waals surface area contributed by atoms with E-state index in [1.807, 2.05) is 57.2 Å². The van der Waals surface area contributed by atoms with Gasteiger partial charge in [-0.15, -0.1) is 0 Å². The van der Waals surface area contributed by atoms with Crippen LogP contribution < -0.4 is 15.4 Å². The second kappa shape index (κ2) is 11.2. The Kier molecular flexibility index (Phi) is 8.07. The van der Waals surface area contributed by atoms with Gasteiger partial charge in [0.15, 0.2) is 6.61 Å².